The van der Waals surface area contributed by atoms with E-state index in [2.05, 4.69) is 38.8 Å². The Bertz CT molecular complexity index is 608. The van der Waals surface area contributed by atoms with Gasteiger partial charge in [-0.1, -0.05) is 17.3 Å². The maximum atomic E-state index is 11.6. The Morgan fingerprint density at radius 1 is 1.30 bits per heavy atom. The van der Waals surface area contributed by atoms with E-state index in [1.807, 2.05) is 7.05 Å². The topological polar surface area (TPSA) is 74.8 Å². The van der Waals surface area contributed by atoms with Crippen LogP contribution in [0.2, 0.25) is 0 Å². The number of aryl methyl sites for hydroxylation is 3. The second-order valence-corrected chi connectivity index (χ2v) is 5.10. The Hall–Kier alpha value is -2.24. The molecule has 6 nitrogen and oxygen atoms in total. The number of nitrogens with one attached hydrogen (secondary N) is 1. The largest absolute Gasteiger partial charge is 0.315 e. The molecule has 0 atom stereocenters. The Kier molecular flexibility index (Phi) is 3.45. The molecule has 1 aromatic carbocycles. The molecule has 1 aliphatic heterocycles. The van der Waals surface area contributed by atoms with Crippen molar-refractivity contribution < 1.29 is 4.79 Å². The second kappa shape index (κ2) is 5.40. The summed E-state index contributed by atoms with van der Waals surface area (Å²) in [5, 5.41) is 13.9. The van der Waals surface area contributed by atoms with E-state index in [-0.39, 0.29) is 5.91 Å². The lowest BCUT2D eigenvalue weighted by Crippen LogP contribution is -2.31. The fraction of sp³-hybridized carbons (Fsp3) is 0.429. The predicted octanol–water partition coefficient (Wildman–Crippen LogP) is 1.28. The van der Waals surface area contributed by atoms with Crippen molar-refractivity contribution in [2.24, 2.45) is 0 Å². The maximum absolute atomic E-state index is 11.6. The van der Waals surface area contributed by atoms with Crippen LogP contribution in [0.5, 0.6) is 0 Å². The molecule has 0 bridgehead atoms. The molecule has 2 heterocycles. The van der Waals surface area contributed by atoms with E-state index in [0.29, 0.717) is 6.42 Å². The lowest BCUT2D eigenvalue weighted by atomic mass is 9.97. The van der Waals surface area contributed by atoms with Crippen LogP contribution in [0.15, 0.2) is 18.2 Å². The molecule has 1 aliphatic rings. The predicted molar refractivity (Wildman–Crippen MR) is 74.4 cm³/mol. The Balaban J connectivity index is 1.65. The number of anilines is 1. The highest BCUT2D eigenvalue weighted by Crippen LogP contribution is 2.27. The highest BCUT2D eigenvalue weighted by Gasteiger charge is 2.20. The summed E-state index contributed by atoms with van der Waals surface area (Å²) in [5.74, 6) is 0.954. The van der Waals surface area contributed by atoms with Crippen LogP contribution >= 0.6 is 0 Å². The van der Waals surface area contributed by atoms with Crippen LogP contribution in [0, 0.1) is 0 Å². The lowest BCUT2D eigenvalue weighted by molar-refractivity contribution is -0.118. The van der Waals surface area contributed by atoms with E-state index >= 15 is 0 Å². The van der Waals surface area contributed by atoms with Crippen molar-refractivity contribution in [2.75, 3.05) is 11.9 Å². The fourth-order valence-electron chi connectivity index (χ4n) is 2.60. The minimum atomic E-state index is 0.197. The van der Waals surface area contributed by atoms with Gasteiger partial charge >= 0.3 is 0 Å². The zero-order valence-corrected chi connectivity index (χ0v) is 11.5. The van der Waals surface area contributed by atoms with Gasteiger partial charge in [-0.3, -0.25) is 4.79 Å². The summed E-state index contributed by atoms with van der Waals surface area (Å²) in [4.78, 5) is 13.4. The minimum absolute atomic E-state index is 0.197. The number of hydrogen-bond acceptors (Lipinski definition) is 4. The van der Waals surface area contributed by atoms with E-state index in [9.17, 15) is 4.79 Å². The van der Waals surface area contributed by atoms with Crippen LogP contribution in [0.4, 0.5) is 5.69 Å². The van der Waals surface area contributed by atoms with Crippen molar-refractivity contribution >= 4 is 11.6 Å². The summed E-state index contributed by atoms with van der Waals surface area (Å²) in [7, 11) is 1.84. The van der Waals surface area contributed by atoms with E-state index in [0.717, 1.165) is 37.2 Å². The van der Waals surface area contributed by atoms with Crippen molar-refractivity contribution in [2.45, 2.75) is 32.1 Å². The summed E-state index contributed by atoms with van der Waals surface area (Å²) in [6.45, 7) is 0. The highest BCUT2D eigenvalue weighted by atomic mass is 16.2. The average Bonchev–Trinajstić information content (AvgIpc) is 2.96. The molecule has 2 aromatic rings. The number of amides is 1. The molecule has 0 aliphatic carbocycles. The van der Waals surface area contributed by atoms with Crippen LogP contribution in [0.1, 0.15) is 29.8 Å². The minimum Gasteiger partial charge on any atom is -0.315 e. The number of hydrogen-bond donors (Lipinski definition) is 1. The molecule has 0 radical (unpaired) electrons. The van der Waals surface area contributed by atoms with Crippen molar-refractivity contribution in [3.63, 3.8) is 0 Å². The third kappa shape index (κ3) is 2.54. The Labute approximate surface area is 117 Å². The third-order valence-electron chi connectivity index (χ3n) is 3.74. The molecular weight excluding hydrogens is 254 g/mol. The van der Waals surface area contributed by atoms with Crippen LogP contribution in [0.3, 0.4) is 0 Å². The average molecular weight is 271 g/mol. The first-order valence-corrected chi connectivity index (χ1v) is 6.85. The molecule has 0 unspecified atom stereocenters. The third-order valence-corrected chi connectivity index (χ3v) is 3.74. The zero-order chi connectivity index (χ0) is 13.9. The molecule has 104 valence electrons. The number of rotatable bonds is 4. The maximum Gasteiger partial charge on any atom is 0.227 e. The number of benzene rings is 1. The summed E-state index contributed by atoms with van der Waals surface area (Å²) >= 11 is 0. The molecular formula is C14H17N5O. The summed E-state index contributed by atoms with van der Waals surface area (Å²) < 4.78 is 0. The molecule has 6 heteroatoms. The van der Waals surface area contributed by atoms with Crippen LogP contribution in [0.25, 0.3) is 0 Å². The van der Waals surface area contributed by atoms with E-state index in [4.69, 9.17) is 0 Å². The number of tetrazole rings is 1. The van der Waals surface area contributed by atoms with Gasteiger partial charge in [0.1, 0.15) is 0 Å². The second-order valence-electron chi connectivity index (χ2n) is 5.10. The number of nitrogens with zero attached hydrogens (tertiary/aromatic N) is 4. The first kappa shape index (κ1) is 12.8. The normalized spacial score (nSPS) is 14.4. The number of carbonyl (C=O) groups excluding carboxylic acids is 1. The van der Waals surface area contributed by atoms with Crippen molar-refractivity contribution in [1.82, 2.24) is 20.6 Å². The van der Waals surface area contributed by atoms with Gasteiger partial charge in [0.15, 0.2) is 5.82 Å². The number of H-pyrrole nitrogens is 1. The molecule has 3 rings (SSSR count). The van der Waals surface area contributed by atoms with Gasteiger partial charge in [-0.15, -0.1) is 10.2 Å². The first-order valence-electron chi connectivity index (χ1n) is 6.85. The number of carbonyl (C=O) groups is 1. The van der Waals surface area contributed by atoms with E-state index in [1.54, 1.807) is 4.90 Å². The van der Waals surface area contributed by atoms with Gasteiger partial charge in [-0.05, 0) is 36.5 Å². The van der Waals surface area contributed by atoms with E-state index < -0.39 is 0 Å². The van der Waals surface area contributed by atoms with Gasteiger partial charge < -0.3 is 4.90 Å². The molecule has 1 aromatic heterocycles. The molecule has 20 heavy (non-hydrogen) atoms. The van der Waals surface area contributed by atoms with Crippen LogP contribution in [-0.2, 0) is 24.1 Å². The van der Waals surface area contributed by atoms with Crippen molar-refractivity contribution in [3.8, 4) is 0 Å². The number of aromatic amines is 1. The van der Waals surface area contributed by atoms with Gasteiger partial charge in [0.2, 0.25) is 5.91 Å². The standard InChI is InChI=1S/C14H17N5O/c1-19-12-7-5-10(9-11(12)6-8-14(19)20)3-2-4-13-15-17-18-16-13/h5,7,9H,2-4,6,8H2,1H3,(H,15,16,17,18). The van der Waals surface area contributed by atoms with Gasteiger partial charge in [-0.25, -0.2) is 0 Å². The number of fused-ring (bicyclic) bond motifs is 1. The van der Waals surface area contributed by atoms with Gasteiger partial charge in [0.05, 0.1) is 0 Å². The smallest absolute Gasteiger partial charge is 0.227 e. The van der Waals surface area contributed by atoms with Crippen molar-refractivity contribution in [1.29, 1.82) is 0 Å². The molecule has 1 N–H and O–H groups in total. The van der Waals surface area contributed by atoms with E-state index in [1.165, 1.54) is 11.1 Å². The summed E-state index contributed by atoms with van der Waals surface area (Å²) in [6.07, 6.45) is 4.26. The highest BCUT2D eigenvalue weighted by molar-refractivity contribution is 5.95. The van der Waals surface area contributed by atoms with Gasteiger partial charge in [0.25, 0.3) is 0 Å². The summed E-state index contributed by atoms with van der Waals surface area (Å²) in [6, 6.07) is 6.37. The van der Waals surface area contributed by atoms with Crippen LogP contribution in [-0.4, -0.2) is 33.6 Å². The first-order chi connectivity index (χ1) is 9.74. The summed E-state index contributed by atoms with van der Waals surface area (Å²) in [5.41, 5.74) is 3.61. The van der Waals surface area contributed by atoms with Crippen LogP contribution < -0.4 is 4.90 Å². The zero-order valence-electron chi connectivity index (χ0n) is 11.5. The van der Waals surface area contributed by atoms with Gasteiger partial charge in [0, 0.05) is 25.6 Å². The quantitative estimate of drug-likeness (QED) is 0.909. The Morgan fingerprint density at radius 2 is 2.20 bits per heavy atom. The molecule has 0 saturated heterocycles. The number of aromatic nitrogens is 4. The van der Waals surface area contributed by atoms with Gasteiger partial charge in [-0.2, -0.15) is 5.21 Å². The monoisotopic (exact) mass is 271 g/mol. The Morgan fingerprint density at radius 3 is 3.00 bits per heavy atom. The SMILES string of the molecule is CN1C(=O)CCc2cc(CCCc3nn[nH]n3)ccc21. The lowest BCUT2D eigenvalue weighted by Gasteiger charge is -2.26. The fourth-order valence-corrected chi connectivity index (χ4v) is 2.60. The molecule has 0 spiro atoms. The molecule has 0 saturated carbocycles. The van der Waals surface area contributed by atoms with Crippen molar-refractivity contribution in [3.05, 3.63) is 35.2 Å². The molecule has 1 amide bonds. The molecule has 0 fully saturated rings.